The van der Waals surface area contributed by atoms with E-state index in [2.05, 4.69) is 46.3 Å². The van der Waals surface area contributed by atoms with E-state index < -0.39 is 6.29 Å². The van der Waals surface area contributed by atoms with Gasteiger partial charge in [-0.25, -0.2) is 0 Å². The summed E-state index contributed by atoms with van der Waals surface area (Å²) in [6, 6.07) is 9.78. The van der Waals surface area contributed by atoms with Gasteiger partial charge in [-0.2, -0.15) is 0 Å². The fraction of sp³-hybridized carbons (Fsp3) is 0.579. The molecule has 2 bridgehead atoms. The molecule has 2 atom stereocenters. The lowest BCUT2D eigenvalue weighted by atomic mass is 10.1. The summed E-state index contributed by atoms with van der Waals surface area (Å²) >= 11 is 0. The smallest absolute Gasteiger partial charge is 0.222 e. The Morgan fingerprint density at radius 2 is 1.87 bits per heavy atom. The molecule has 0 amide bonds. The third kappa shape index (κ3) is 3.87. The molecule has 0 radical (unpaired) electrons. The fourth-order valence-electron chi connectivity index (χ4n) is 3.52. The maximum Gasteiger partial charge on any atom is 0.222 e. The minimum absolute atomic E-state index is 0.441. The third-order valence-electron chi connectivity index (χ3n) is 4.49. The van der Waals surface area contributed by atoms with Gasteiger partial charge in [-0.3, -0.25) is 0 Å². The molecule has 2 saturated heterocycles. The molecule has 0 saturated carbocycles. The minimum Gasteiger partial charge on any atom is -0.363 e. The molecule has 0 aromatic heterocycles. The van der Waals surface area contributed by atoms with Crippen molar-refractivity contribution < 1.29 is 9.47 Å². The van der Waals surface area contributed by atoms with Crippen LogP contribution in [0.4, 0.5) is 5.69 Å². The van der Waals surface area contributed by atoms with Gasteiger partial charge in [0, 0.05) is 49.6 Å². The standard InChI is InChI=1S/C19H26N2O2/c1-3-22-19(23-4-2)11-8-15-6-5-7-16(12-15)21-17-9-10-18(21)14-20-13-17/h5-7,12,17-20H,3-4,9-10,13-14H2,1-2H3. The Labute approximate surface area is 139 Å². The molecule has 2 heterocycles. The molecule has 2 aliphatic rings. The SMILES string of the molecule is CCOC(C#Cc1cccc(N2C3CCC2CNC3)c1)OCC. The van der Waals surface area contributed by atoms with Crippen LogP contribution in [0.15, 0.2) is 24.3 Å². The van der Waals surface area contributed by atoms with Crippen molar-refractivity contribution in [1.29, 1.82) is 0 Å². The summed E-state index contributed by atoms with van der Waals surface area (Å²) in [6.45, 7) is 7.28. The zero-order valence-corrected chi connectivity index (χ0v) is 14.0. The first kappa shape index (κ1) is 16.3. The Kier molecular flexibility index (Phi) is 5.56. The van der Waals surface area contributed by atoms with E-state index in [1.54, 1.807) is 0 Å². The summed E-state index contributed by atoms with van der Waals surface area (Å²) < 4.78 is 11.0. The summed E-state index contributed by atoms with van der Waals surface area (Å²) in [6.07, 6.45) is 2.12. The zero-order valence-electron chi connectivity index (χ0n) is 14.0. The molecule has 4 heteroatoms. The summed E-state index contributed by atoms with van der Waals surface area (Å²) in [5.74, 6) is 6.28. The quantitative estimate of drug-likeness (QED) is 0.668. The zero-order chi connectivity index (χ0) is 16.1. The maximum absolute atomic E-state index is 5.48. The molecule has 124 valence electrons. The summed E-state index contributed by atoms with van der Waals surface area (Å²) in [5.41, 5.74) is 2.31. The van der Waals surface area contributed by atoms with Gasteiger partial charge in [-0.05, 0) is 50.8 Å². The molecular formula is C19H26N2O2. The van der Waals surface area contributed by atoms with Crippen LogP contribution in [0.2, 0.25) is 0 Å². The molecular weight excluding hydrogens is 288 g/mol. The lowest BCUT2D eigenvalue weighted by molar-refractivity contribution is -0.0969. The van der Waals surface area contributed by atoms with Crippen LogP contribution in [0.3, 0.4) is 0 Å². The van der Waals surface area contributed by atoms with Crippen molar-refractivity contribution in [2.75, 3.05) is 31.2 Å². The maximum atomic E-state index is 5.48. The van der Waals surface area contributed by atoms with Gasteiger partial charge >= 0.3 is 0 Å². The van der Waals surface area contributed by atoms with E-state index in [1.165, 1.54) is 18.5 Å². The lowest BCUT2D eigenvalue weighted by Gasteiger charge is -2.37. The molecule has 1 aromatic carbocycles. The predicted octanol–water partition coefficient (Wildman–Crippen LogP) is 2.38. The molecule has 2 aliphatic heterocycles. The summed E-state index contributed by atoms with van der Waals surface area (Å²) in [5, 5.41) is 3.53. The Morgan fingerprint density at radius 3 is 2.52 bits per heavy atom. The van der Waals surface area contributed by atoms with Crippen LogP contribution in [0.5, 0.6) is 0 Å². The first-order valence-electron chi connectivity index (χ1n) is 8.65. The minimum atomic E-state index is -0.441. The molecule has 4 nitrogen and oxygen atoms in total. The number of anilines is 1. The average Bonchev–Trinajstić information content (AvgIpc) is 2.82. The number of piperazine rings is 1. The second-order valence-electron chi connectivity index (χ2n) is 6.01. The van der Waals surface area contributed by atoms with E-state index in [0.29, 0.717) is 25.3 Å². The Bertz CT molecular complexity index is 556. The number of ether oxygens (including phenoxy) is 2. The number of benzene rings is 1. The second kappa shape index (κ2) is 7.83. The van der Waals surface area contributed by atoms with Crippen molar-refractivity contribution in [2.24, 2.45) is 0 Å². The number of nitrogens with zero attached hydrogens (tertiary/aromatic N) is 1. The number of hydrogen-bond acceptors (Lipinski definition) is 4. The Hall–Kier alpha value is -1.54. The monoisotopic (exact) mass is 314 g/mol. The van der Waals surface area contributed by atoms with E-state index in [4.69, 9.17) is 9.47 Å². The van der Waals surface area contributed by atoms with Gasteiger partial charge in [0.25, 0.3) is 0 Å². The highest BCUT2D eigenvalue weighted by Crippen LogP contribution is 2.32. The lowest BCUT2D eigenvalue weighted by Crippen LogP contribution is -2.52. The van der Waals surface area contributed by atoms with Crippen molar-refractivity contribution in [3.05, 3.63) is 29.8 Å². The highest BCUT2D eigenvalue weighted by molar-refractivity contribution is 5.55. The van der Waals surface area contributed by atoms with Crippen molar-refractivity contribution in [1.82, 2.24) is 5.32 Å². The number of hydrogen-bond donors (Lipinski definition) is 1. The Morgan fingerprint density at radius 1 is 1.17 bits per heavy atom. The summed E-state index contributed by atoms with van der Waals surface area (Å²) in [7, 11) is 0. The molecule has 23 heavy (non-hydrogen) atoms. The summed E-state index contributed by atoms with van der Waals surface area (Å²) in [4.78, 5) is 2.57. The highest BCUT2D eigenvalue weighted by atomic mass is 16.7. The van der Waals surface area contributed by atoms with Crippen LogP contribution < -0.4 is 10.2 Å². The second-order valence-corrected chi connectivity index (χ2v) is 6.01. The molecule has 2 unspecified atom stereocenters. The number of rotatable bonds is 5. The van der Waals surface area contributed by atoms with Gasteiger partial charge in [0.05, 0.1) is 0 Å². The molecule has 1 aromatic rings. The van der Waals surface area contributed by atoms with E-state index in [1.807, 2.05) is 13.8 Å². The highest BCUT2D eigenvalue weighted by Gasteiger charge is 2.36. The average molecular weight is 314 g/mol. The van der Waals surface area contributed by atoms with Gasteiger partial charge in [0.1, 0.15) is 0 Å². The van der Waals surface area contributed by atoms with Gasteiger partial charge in [0.2, 0.25) is 6.29 Å². The normalized spacial score (nSPS) is 23.0. The van der Waals surface area contributed by atoms with E-state index >= 15 is 0 Å². The third-order valence-corrected chi connectivity index (χ3v) is 4.49. The fourth-order valence-corrected chi connectivity index (χ4v) is 3.52. The molecule has 1 N–H and O–H groups in total. The van der Waals surface area contributed by atoms with E-state index in [0.717, 1.165) is 18.7 Å². The first-order valence-corrected chi connectivity index (χ1v) is 8.65. The number of nitrogens with one attached hydrogen (secondary N) is 1. The molecule has 3 rings (SSSR count). The van der Waals surface area contributed by atoms with Crippen molar-refractivity contribution in [3.63, 3.8) is 0 Å². The predicted molar refractivity (Wildman–Crippen MR) is 92.5 cm³/mol. The van der Waals surface area contributed by atoms with Crippen LogP contribution >= 0.6 is 0 Å². The van der Waals surface area contributed by atoms with Gasteiger partial charge in [-0.15, -0.1) is 0 Å². The van der Waals surface area contributed by atoms with E-state index in [-0.39, 0.29) is 0 Å². The number of fused-ring (bicyclic) bond motifs is 2. The van der Waals surface area contributed by atoms with Crippen LogP contribution in [0, 0.1) is 11.8 Å². The van der Waals surface area contributed by atoms with Crippen LogP contribution in [-0.4, -0.2) is 44.7 Å². The Balaban J connectivity index is 1.75. The molecule has 2 fully saturated rings. The first-order chi connectivity index (χ1) is 11.3. The molecule has 0 spiro atoms. The van der Waals surface area contributed by atoms with Crippen LogP contribution in [0.1, 0.15) is 32.3 Å². The van der Waals surface area contributed by atoms with Crippen LogP contribution in [0.25, 0.3) is 0 Å². The van der Waals surface area contributed by atoms with Crippen molar-refractivity contribution >= 4 is 5.69 Å². The van der Waals surface area contributed by atoms with Gasteiger partial charge in [-0.1, -0.05) is 12.0 Å². The molecule has 0 aliphatic carbocycles. The van der Waals surface area contributed by atoms with Crippen LogP contribution in [-0.2, 0) is 9.47 Å². The van der Waals surface area contributed by atoms with E-state index in [9.17, 15) is 0 Å². The van der Waals surface area contributed by atoms with Gasteiger partial charge in [0.15, 0.2) is 0 Å². The van der Waals surface area contributed by atoms with Crippen molar-refractivity contribution in [3.8, 4) is 11.8 Å². The van der Waals surface area contributed by atoms with Gasteiger partial charge < -0.3 is 19.7 Å². The largest absolute Gasteiger partial charge is 0.363 e. The topological polar surface area (TPSA) is 33.7 Å². The van der Waals surface area contributed by atoms with Crippen molar-refractivity contribution in [2.45, 2.75) is 45.1 Å².